The standard InChI is InChI=1S/C16H16N2O2S2/c1-2-4-12(5-3-1)18(9-13-10-21-13)17-8-15-16-14(11-22-15)19-6-7-20-16/h1-5,8,11,13H,6-7,9-10H2. The lowest BCUT2D eigenvalue weighted by Gasteiger charge is -2.18. The van der Waals surface area contributed by atoms with Crippen molar-refractivity contribution in [1.82, 2.24) is 0 Å². The summed E-state index contributed by atoms with van der Waals surface area (Å²) < 4.78 is 11.3. The summed E-state index contributed by atoms with van der Waals surface area (Å²) in [5.74, 6) is 2.89. The summed E-state index contributed by atoms with van der Waals surface area (Å²) in [5, 5.41) is 9.44. The second kappa shape index (κ2) is 6.22. The zero-order valence-electron chi connectivity index (χ0n) is 12.0. The molecule has 0 amide bonds. The molecule has 0 N–H and O–H groups in total. The van der Waals surface area contributed by atoms with Crippen LogP contribution in [0.15, 0.2) is 40.8 Å². The van der Waals surface area contributed by atoms with Crippen molar-refractivity contribution in [2.45, 2.75) is 5.25 Å². The molecule has 0 spiro atoms. The highest BCUT2D eigenvalue weighted by atomic mass is 32.2. The molecule has 2 aliphatic heterocycles. The van der Waals surface area contributed by atoms with E-state index in [-0.39, 0.29) is 0 Å². The number of para-hydroxylation sites is 1. The van der Waals surface area contributed by atoms with Crippen LogP contribution in [0.5, 0.6) is 11.5 Å². The molecule has 114 valence electrons. The van der Waals surface area contributed by atoms with Gasteiger partial charge in [0.2, 0.25) is 0 Å². The number of fused-ring (bicyclic) bond motifs is 1. The van der Waals surface area contributed by atoms with Gasteiger partial charge in [-0.15, -0.1) is 11.3 Å². The number of hydrogen-bond acceptors (Lipinski definition) is 6. The number of thioether (sulfide) groups is 1. The van der Waals surface area contributed by atoms with Crippen molar-refractivity contribution in [2.75, 3.05) is 30.5 Å². The van der Waals surface area contributed by atoms with Gasteiger partial charge in [-0.25, -0.2) is 0 Å². The lowest BCUT2D eigenvalue weighted by Crippen LogP contribution is -2.21. The Kier molecular flexibility index (Phi) is 3.95. The van der Waals surface area contributed by atoms with E-state index in [1.165, 1.54) is 5.75 Å². The van der Waals surface area contributed by atoms with E-state index < -0.39 is 0 Å². The zero-order valence-corrected chi connectivity index (χ0v) is 13.6. The Labute approximate surface area is 137 Å². The van der Waals surface area contributed by atoms with E-state index in [4.69, 9.17) is 14.6 Å². The van der Waals surface area contributed by atoms with E-state index in [2.05, 4.69) is 17.1 Å². The summed E-state index contributed by atoms with van der Waals surface area (Å²) in [5.41, 5.74) is 1.12. The van der Waals surface area contributed by atoms with Gasteiger partial charge in [-0.3, -0.25) is 5.01 Å². The average molecular weight is 332 g/mol. The largest absolute Gasteiger partial charge is 0.485 e. The highest BCUT2D eigenvalue weighted by Gasteiger charge is 2.25. The molecule has 4 nitrogen and oxygen atoms in total. The SMILES string of the molecule is C(=NN(CC1CS1)c1ccccc1)c1scc2c1OCCO2. The van der Waals surface area contributed by atoms with Gasteiger partial charge in [0.1, 0.15) is 13.2 Å². The van der Waals surface area contributed by atoms with Crippen molar-refractivity contribution in [3.8, 4) is 11.5 Å². The monoisotopic (exact) mass is 332 g/mol. The molecule has 2 aliphatic rings. The van der Waals surface area contributed by atoms with Crippen LogP contribution in [-0.4, -0.2) is 37.0 Å². The zero-order chi connectivity index (χ0) is 14.8. The molecule has 1 atom stereocenters. The molecule has 0 aliphatic carbocycles. The Morgan fingerprint density at radius 1 is 1.23 bits per heavy atom. The Hall–Kier alpha value is -1.66. The minimum atomic E-state index is 0.603. The fraction of sp³-hybridized carbons (Fsp3) is 0.312. The molecule has 1 aromatic heterocycles. The molecule has 0 radical (unpaired) electrons. The van der Waals surface area contributed by atoms with Crippen LogP contribution in [0.1, 0.15) is 4.88 Å². The minimum Gasteiger partial charge on any atom is -0.485 e. The van der Waals surface area contributed by atoms with Crippen LogP contribution >= 0.6 is 23.1 Å². The van der Waals surface area contributed by atoms with Crippen LogP contribution in [0.2, 0.25) is 0 Å². The van der Waals surface area contributed by atoms with Crippen LogP contribution in [0, 0.1) is 0 Å². The van der Waals surface area contributed by atoms with Gasteiger partial charge in [-0.1, -0.05) is 18.2 Å². The van der Waals surface area contributed by atoms with E-state index in [9.17, 15) is 0 Å². The van der Waals surface area contributed by atoms with Crippen LogP contribution in [-0.2, 0) is 0 Å². The third kappa shape index (κ3) is 3.08. The quantitative estimate of drug-likeness (QED) is 0.477. The second-order valence-electron chi connectivity index (χ2n) is 5.11. The summed E-state index contributed by atoms with van der Waals surface area (Å²) in [7, 11) is 0. The fourth-order valence-corrected chi connectivity index (χ4v) is 3.55. The van der Waals surface area contributed by atoms with Gasteiger partial charge in [0, 0.05) is 16.4 Å². The number of anilines is 1. The van der Waals surface area contributed by atoms with E-state index in [1.54, 1.807) is 11.3 Å². The van der Waals surface area contributed by atoms with Crippen molar-refractivity contribution in [2.24, 2.45) is 5.10 Å². The Balaban J connectivity index is 1.56. The molecule has 1 unspecified atom stereocenters. The van der Waals surface area contributed by atoms with Crippen LogP contribution < -0.4 is 14.5 Å². The number of nitrogens with zero attached hydrogens (tertiary/aromatic N) is 2. The van der Waals surface area contributed by atoms with E-state index in [0.29, 0.717) is 18.5 Å². The van der Waals surface area contributed by atoms with Crippen LogP contribution in [0.4, 0.5) is 5.69 Å². The minimum absolute atomic E-state index is 0.603. The molecule has 1 aromatic carbocycles. The van der Waals surface area contributed by atoms with Crippen molar-refractivity contribution in [3.63, 3.8) is 0 Å². The molecule has 3 heterocycles. The molecule has 6 heteroatoms. The van der Waals surface area contributed by atoms with Gasteiger partial charge < -0.3 is 9.47 Å². The number of benzene rings is 1. The molecular weight excluding hydrogens is 316 g/mol. The fourth-order valence-electron chi connectivity index (χ4n) is 2.28. The van der Waals surface area contributed by atoms with Crippen LogP contribution in [0.25, 0.3) is 0 Å². The Morgan fingerprint density at radius 3 is 2.86 bits per heavy atom. The topological polar surface area (TPSA) is 34.1 Å². The van der Waals surface area contributed by atoms with Gasteiger partial charge in [0.05, 0.1) is 23.3 Å². The molecule has 0 saturated carbocycles. The van der Waals surface area contributed by atoms with E-state index in [0.717, 1.165) is 28.6 Å². The van der Waals surface area contributed by atoms with Crippen molar-refractivity contribution in [3.05, 3.63) is 40.6 Å². The molecule has 1 fully saturated rings. The summed E-state index contributed by atoms with van der Waals surface area (Å²) in [6.07, 6.45) is 1.89. The smallest absolute Gasteiger partial charge is 0.180 e. The first kappa shape index (κ1) is 14.0. The Bertz CT molecular complexity index is 668. The number of ether oxygens (including phenoxy) is 2. The summed E-state index contributed by atoms with van der Waals surface area (Å²) in [6.45, 7) is 2.16. The maximum atomic E-state index is 5.70. The first-order chi connectivity index (χ1) is 10.9. The lowest BCUT2D eigenvalue weighted by molar-refractivity contribution is 0.173. The molecule has 4 rings (SSSR count). The van der Waals surface area contributed by atoms with Crippen molar-refractivity contribution in [1.29, 1.82) is 0 Å². The highest BCUT2D eigenvalue weighted by Crippen LogP contribution is 2.38. The second-order valence-corrected chi connectivity index (χ2v) is 7.35. The molecule has 22 heavy (non-hydrogen) atoms. The Morgan fingerprint density at radius 2 is 2.05 bits per heavy atom. The van der Waals surface area contributed by atoms with E-state index >= 15 is 0 Å². The van der Waals surface area contributed by atoms with Gasteiger partial charge in [0.15, 0.2) is 11.5 Å². The van der Waals surface area contributed by atoms with Crippen molar-refractivity contribution < 1.29 is 9.47 Å². The third-order valence-corrected chi connectivity index (χ3v) is 5.31. The predicted molar refractivity (Wildman–Crippen MR) is 92.9 cm³/mol. The van der Waals surface area contributed by atoms with Crippen LogP contribution in [0.3, 0.4) is 0 Å². The number of hydrogen-bond donors (Lipinski definition) is 0. The number of rotatable bonds is 5. The van der Waals surface area contributed by atoms with Gasteiger partial charge in [0.25, 0.3) is 0 Å². The van der Waals surface area contributed by atoms with Gasteiger partial charge in [-0.05, 0) is 12.1 Å². The summed E-state index contributed by atoms with van der Waals surface area (Å²) >= 11 is 3.59. The first-order valence-electron chi connectivity index (χ1n) is 7.25. The van der Waals surface area contributed by atoms with E-state index in [1.807, 2.05) is 41.6 Å². The van der Waals surface area contributed by atoms with Gasteiger partial charge in [-0.2, -0.15) is 16.9 Å². The average Bonchev–Trinajstić information content (AvgIpc) is 3.30. The van der Waals surface area contributed by atoms with Crippen molar-refractivity contribution >= 4 is 35.0 Å². The number of thiophene rings is 1. The molecule has 0 bridgehead atoms. The first-order valence-corrected chi connectivity index (χ1v) is 9.18. The van der Waals surface area contributed by atoms with Gasteiger partial charge >= 0.3 is 0 Å². The molecule has 2 aromatic rings. The molecule has 1 saturated heterocycles. The molecular formula is C16H16N2O2S2. The maximum absolute atomic E-state index is 5.70. The summed E-state index contributed by atoms with van der Waals surface area (Å²) in [6, 6.07) is 10.3. The normalized spacial score (nSPS) is 19.4. The summed E-state index contributed by atoms with van der Waals surface area (Å²) in [4.78, 5) is 1.01. The highest BCUT2D eigenvalue weighted by molar-refractivity contribution is 8.06. The third-order valence-electron chi connectivity index (χ3n) is 3.48. The maximum Gasteiger partial charge on any atom is 0.180 e. The number of hydrazone groups is 1. The lowest BCUT2D eigenvalue weighted by atomic mass is 10.3. The predicted octanol–water partition coefficient (Wildman–Crippen LogP) is 3.48.